The zero-order valence-electron chi connectivity index (χ0n) is 16.8. The van der Waals surface area contributed by atoms with Crippen LogP contribution >= 0.6 is 23.1 Å². The lowest BCUT2D eigenvalue weighted by Gasteiger charge is -2.18. The van der Waals surface area contributed by atoms with Crippen molar-refractivity contribution in [2.45, 2.75) is 43.8 Å². The summed E-state index contributed by atoms with van der Waals surface area (Å²) in [5, 5.41) is 8.39. The molecular weight excluding hydrogens is 420 g/mol. The number of rotatable bonds is 7. The number of fused-ring (bicyclic) bond motifs is 1. The zero-order valence-corrected chi connectivity index (χ0v) is 18.4. The number of carbonyl (C=O) groups excluding carboxylic acids is 1. The first-order chi connectivity index (χ1) is 14.6. The molecule has 0 radical (unpaired) electrons. The molecule has 1 fully saturated rings. The van der Waals surface area contributed by atoms with Gasteiger partial charge in [0, 0.05) is 23.4 Å². The second-order valence-corrected chi connectivity index (χ2v) is 9.30. The van der Waals surface area contributed by atoms with Gasteiger partial charge in [-0.3, -0.25) is 9.59 Å². The summed E-state index contributed by atoms with van der Waals surface area (Å²) < 4.78 is 6.53. The normalized spacial score (nSPS) is 14.7. The summed E-state index contributed by atoms with van der Waals surface area (Å²) in [4.78, 5) is 29.9. The third-order valence-corrected chi connectivity index (χ3v) is 7.16. The highest BCUT2D eigenvalue weighted by atomic mass is 32.2. The van der Waals surface area contributed by atoms with E-state index in [4.69, 9.17) is 4.74 Å². The van der Waals surface area contributed by atoms with E-state index in [0.29, 0.717) is 22.3 Å². The minimum atomic E-state index is -0.156. The number of thioether (sulfide) groups is 1. The van der Waals surface area contributed by atoms with Gasteiger partial charge in [-0.05, 0) is 37.1 Å². The highest BCUT2D eigenvalue weighted by Crippen LogP contribution is 2.34. The number of anilines is 1. The van der Waals surface area contributed by atoms with Gasteiger partial charge >= 0.3 is 0 Å². The summed E-state index contributed by atoms with van der Waals surface area (Å²) in [6.45, 7) is 0. The molecule has 0 aliphatic heterocycles. The molecule has 1 aromatic carbocycles. The van der Waals surface area contributed by atoms with Gasteiger partial charge in [-0.15, -0.1) is 11.8 Å². The van der Waals surface area contributed by atoms with Crippen molar-refractivity contribution in [1.82, 2.24) is 14.6 Å². The molecule has 0 spiro atoms. The molecule has 30 heavy (non-hydrogen) atoms. The van der Waals surface area contributed by atoms with Crippen LogP contribution in [0.2, 0.25) is 0 Å². The fourth-order valence-corrected chi connectivity index (χ4v) is 5.39. The van der Waals surface area contributed by atoms with Gasteiger partial charge in [-0.1, -0.05) is 30.6 Å². The molecule has 1 N–H and O–H groups in total. The molecule has 0 unspecified atom stereocenters. The number of nitrogens with zero attached hydrogens (tertiary/aromatic N) is 3. The van der Waals surface area contributed by atoms with Crippen LogP contribution in [0.25, 0.3) is 4.96 Å². The van der Waals surface area contributed by atoms with E-state index in [0.717, 1.165) is 29.3 Å². The molecular formula is C21H24N4O3S2. The Morgan fingerprint density at radius 3 is 2.77 bits per heavy atom. The predicted octanol–water partition coefficient (Wildman–Crippen LogP) is 4.08. The van der Waals surface area contributed by atoms with E-state index in [1.54, 1.807) is 31.4 Å². The quantitative estimate of drug-likeness (QED) is 0.591. The molecule has 0 bridgehead atoms. The first-order valence-corrected chi connectivity index (χ1v) is 12.0. The van der Waals surface area contributed by atoms with Gasteiger partial charge in [0.05, 0.1) is 18.6 Å². The molecule has 2 aromatic heterocycles. The van der Waals surface area contributed by atoms with Crippen LogP contribution in [0.4, 0.5) is 5.69 Å². The molecule has 3 aromatic rings. The standard InChI is InChI=1S/C21H24N4O3S2/c1-28-17-9-7-15(8-10-17)22-18(26)13-29-12-16-11-19(27)25-21(23-16)30-20(24-25)14-5-3-2-4-6-14/h7-11,14H,2-6,12-13H2,1H3,(H,22,26). The van der Waals surface area contributed by atoms with Crippen molar-refractivity contribution >= 4 is 39.7 Å². The number of nitrogens with one attached hydrogen (secondary N) is 1. The molecule has 7 nitrogen and oxygen atoms in total. The lowest BCUT2D eigenvalue weighted by atomic mass is 9.90. The van der Waals surface area contributed by atoms with Crippen molar-refractivity contribution in [3.8, 4) is 5.75 Å². The Balaban J connectivity index is 1.35. The van der Waals surface area contributed by atoms with E-state index < -0.39 is 0 Å². The fourth-order valence-electron chi connectivity index (χ4n) is 3.58. The third kappa shape index (κ3) is 5.02. The number of ether oxygens (including phenoxy) is 1. The zero-order chi connectivity index (χ0) is 20.9. The van der Waals surface area contributed by atoms with E-state index in [1.165, 1.54) is 52.9 Å². The van der Waals surface area contributed by atoms with Crippen LogP contribution in [-0.4, -0.2) is 33.4 Å². The molecule has 1 aliphatic carbocycles. The Bertz CT molecular complexity index is 1070. The average molecular weight is 445 g/mol. The second kappa shape index (κ2) is 9.61. The maximum atomic E-state index is 12.5. The molecule has 0 saturated heterocycles. The van der Waals surface area contributed by atoms with Crippen LogP contribution in [0.1, 0.15) is 48.7 Å². The summed E-state index contributed by atoms with van der Waals surface area (Å²) in [5.41, 5.74) is 1.25. The van der Waals surface area contributed by atoms with Gasteiger partial charge in [0.25, 0.3) is 5.56 Å². The molecule has 1 saturated carbocycles. The van der Waals surface area contributed by atoms with Crippen LogP contribution in [0.3, 0.4) is 0 Å². The van der Waals surface area contributed by atoms with E-state index in [-0.39, 0.29) is 17.2 Å². The van der Waals surface area contributed by atoms with Gasteiger partial charge in [-0.25, -0.2) is 4.98 Å². The summed E-state index contributed by atoms with van der Waals surface area (Å²) in [6, 6.07) is 8.71. The van der Waals surface area contributed by atoms with E-state index in [9.17, 15) is 9.59 Å². The molecule has 9 heteroatoms. The summed E-state index contributed by atoms with van der Waals surface area (Å²) >= 11 is 2.95. The number of benzene rings is 1. The molecule has 158 valence electrons. The highest BCUT2D eigenvalue weighted by molar-refractivity contribution is 7.99. The number of amides is 1. The molecule has 0 atom stereocenters. The monoisotopic (exact) mass is 444 g/mol. The lowest BCUT2D eigenvalue weighted by molar-refractivity contribution is -0.113. The van der Waals surface area contributed by atoms with Crippen LogP contribution in [0.5, 0.6) is 5.75 Å². The summed E-state index contributed by atoms with van der Waals surface area (Å²) in [7, 11) is 1.60. The first kappa shape index (κ1) is 20.9. The Kier molecular flexibility index (Phi) is 6.69. The fraction of sp³-hybridized carbons (Fsp3) is 0.429. The van der Waals surface area contributed by atoms with E-state index >= 15 is 0 Å². The Morgan fingerprint density at radius 2 is 2.03 bits per heavy atom. The van der Waals surface area contributed by atoms with Crippen LogP contribution in [-0.2, 0) is 10.5 Å². The van der Waals surface area contributed by atoms with Gasteiger partial charge in [0.1, 0.15) is 10.8 Å². The number of hydrogen-bond donors (Lipinski definition) is 1. The Morgan fingerprint density at radius 1 is 1.27 bits per heavy atom. The average Bonchev–Trinajstić information content (AvgIpc) is 3.20. The first-order valence-electron chi connectivity index (χ1n) is 10.0. The van der Waals surface area contributed by atoms with Crippen LogP contribution in [0, 0.1) is 0 Å². The van der Waals surface area contributed by atoms with Crippen molar-refractivity contribution in [1.29, 1.82) is 0 Å². The molecule has 2 heterocycles. The summed E-state index contributed by atoms with van der Waals surface area (Å²) in [6.07, 6.45) is 6.01. The topological polar surface area (TPSA) is 85.6 Å². The number of aromatic nitrogens is 3. The Hall–Kier alpha value is -2.39. The van der Waals surface area contributed by atoms with E-state index in [1.807, 2.05) is 0 Å². The lowest BCUT2D eigenvalue weighted by Crippen LogP contribution is -2.16. The SMILES string of the molecule is COc1ccc(NC(=O)CSCc2cc(=O)n3nc(C4CCCCC4)sc3n2)cc1. The van der Waals surface area contributed by atoms with Crippen molar-refractivity contribution in [2.24, 2.45) is 0 Å². The minimum Gasteiger partial charge on any atom is -0.497 e. The van der Waals surface area contributed by atoms with Gasteiger partial charge in [-0.2, -0.15) is 9.61 Å². The van der Waals surface area contributed by atoms with Crippen molar-refractivity contribution in [2.75, 3.05) is 18.2 Å². The second-order valence-electron chi connectivity index (χ2n) is 7.32. The van der Waals surface area contributed by atoms with Gasteiger partial charge in [0.2, 0.25) is 10.9 Å². The number of hydrogen-bond acceptors (Lipinski definition) is 7. The van der Waals surface area contributed by atoms with Crippen LogP contribution < -0.4 is 15.6 Å². The Labute approximate surface area is 182 Å². The molecule has 1 aliphatic rings. The smallest absolute Gasteiger partial charge is 0.275 e. The maximum Gasteiger partial charge on any atom is 0.275 e. The van der Waals surface area contributed by atoms with E-state index in [2.05, 4.69) is 15.4 Å². The van der Waals surface area contributed by atoms with Crippen molar-refractivity contribution < 1.29 is 9.53 Å². The minimum absolute atomic E-state index is 0.0969. The van der Waals surface area contributed by atoms with Crippen molar-refractivity contribution in [3.63, 3.8) is 0 Å². The highest BCUT2D eigenvalue weighted by Gasteiger charge is 2.20. The van der Waals surface area contributed by atoms with Gasteiger partial charge in [0.15, 0.2) is 0 Å². The maximum absolute atomic E-state index is 12.5. The third-order valence-electron chi connectivity index (χ3n) is 5.12. The van der Waals surface area contributed by atoms with Crippen molar-refractivity contribution in [3.05, 3.63) is 51.4 Å². The number of carbonyl (C=O) groups is 1. The predicted molar refractivity (Wildman–Crippen MR) is 121 cm³/mol. The van der Waals surface area contributed by atoms with Crippen LogP contribution in [0.15, 0.2) is 35.1 Å². The summed E-state index contributed by atoms with van der Waals surface area (Å²) in [5.74, 6) is 1.87. The molecule has 4 rings (SSSR count). The largest absolute Gasteiger partial charge is 0.497 e. The number of methoxy groups -OCH3 is 1. The van der Waals surface area contributed by atoms with Gasteiger partial charge < -0.3 is 10.1 Å². The molecule has 1 amide bonds.